The smallest absolute Gasteiger partial charge is 0.132 e. The Balaban J connectivity index is 2.33. The third kappa shape index (κ3) is 3.35. The lowest BCUT2D eigenvalue weighted by molar-refractivity contribution is 0.402. The molecule has 0 saturated carbocycles. The molecule has 0 aromatic heterocycles. The number of anilines is 1. The largest absolute Gasteiger partial charge is 0.496 e. The van der Waals surface area contributed by atoms with Crippen molar-refractivity contribution in [1.82, 2.24) is 0 Å². The average molecular weight is 287 g/mol. The Labute approximate surface area is 126 Å². The summed E-state index contributed by atoms with van der Waals surface area (Å²) in [5.74, 6) is 0.719. The fraction of sp³-hybridized carbons (Fsp3) is 0.333. The van der Waals surface area contributed by atoms with Gasteiger partial charge in [0.1, 0.15) is 11.6 Å². The van der Waals surface area contributed by atoms with Crippen molar-refractivity contribution in [1.29, 1.82) is 0 Å². The van der Waals surface area contributed by atoms with Crippen molar-refractivity contribution >= 4 is 5.69 Å². The van der Waals surface area contributed by atoms with E-state index >= 15 is 0 Å². The van der Waals surface area contributed by atoms with E-state index in [-0.39, 0.29) is 11.9 Å². The molecule has 0 aliphatic heterocycles. The molecular weight excluding hydrogens is 265 g/mol. The molecule has 2 nitrogen and oxygen atoms in total. The van der Waals surface area contributed by atoms with Gasteiger partial charge in [-0.3, -0.25) is 0 Å². The number of halogens is 1. The molecule has 21 heavy (non-hydrogen) atoms. The van der Waals surface area contributed by atoms with Crippen LogP contribution in [0.3, 0.4) is 0 Å². The number of rotatable bonds is 5. The zero-order valence-electron chi connectivity index (χ0n) is 13.0. The molecule has 0 saturated heterocycles. The second kappa shape index (κ2) is 6.61. The summed E-state index contributed by atoms with van der Waals surface area (Å²) in [5.41, 5.74) is 2.81. The monoisotopic (exact) mass is 287 g/mol. The van der Waals surface area contributed by atoms with E-state index in [1.54, 1.807) is 19.2 Å². The summed E-state index contributed by atoms with van der Waals surface area (Å²) in [6.07, 6.45) is 0. The molecule has 2 aromatic carbocycles. The molecule has 2 aromatic rings. The molecule has 0 aliphatic carbocycles. The van der Waals surface area contributed by atoms with Crippen LogP contribution in [-0.2, 0) is 0 Å². The molecule has 0 radical (unpaired) electrons. The predicted octanol–water partition coefficient (Wildman–Crippen LogP) is 5.13. The van der Waals surface area contributed by atoms with E-state index in [2.05, 4.69) is 25.2 Å². The van der Waals surface area contributed by atoms with Crippen LogP contribution >= 0.6 is 0 Å². The molecule has 2 rings (SSSR count). The first-order chi connectivity index (χ1) is 10.0. The molecular formula is C18H22FNO. The summed E-state index contributed by atoms with van der Waals surface area (Å²) in [5, 5.41) is 3.40. The van der Waals surface area contributed by atoms with Gasteiger partial charge < -0.3 is 10.1 Å². The Kier molecular flexibility index (Phi) is 4.84. The van der Waals surface area contributed by atoms with Crippen LogP contribution in [0.2, 0.25) is 0 Å². The lowest BCUT2D eigenvalue weighted by Gasteiger charge is -2.22. The Morgan fingerprint density at radius 1 is 1.00 bits per heavy atom. The summed E-state index contributed by atoms with van der Waals surface area (Å²) < 4.78 is 19.4. The zero-order chi connectivity index (χ0) is 15.4. The number of para-hydroxylation sites is 1. The van der Waals surface area contributed by atoms with Crippen molar-refractivity contribution in [3.05, 3.63) is 59.4 Å². The fourth-order valence-corrected chi connectivity index (χ4v) is 2.55. The second-order valence-electron chi connectivity index (χ2n) is 5.46. The minimum Gasteiger partial charge on any atom is -0.496 e. The minimum absolute atomic E-state index is 0.180. The minimum atomic E-state index is -0.253. The van der Waals surface area contributed by atoms with E-state index < -0.39 is 0 Å². The molecule has 0 aliphatic rings. The Morgan fingerprint density at radius 2 is 1.71 bits per heavy atom. The van der Waals surface area contributed by atoms with E-state index in [0.29, 0.717) is 17.2 Å². The number of nitrogens with one attached hydrogen (secondary N) is 1. The second-order valence-corrected chi connectivity index (χ2v) is 5.46. The summed E-state index contributed by atoms with van der Waals surface area (Å²) in [7, 11) is 1.56. The maximum atomic E-state index is 14.1. The number of hydrogen-bond acceptors (Lipinski definition) is 2. The molecule has 0 spiro atoms. The number of ether oxygens (including phenoxy) is 1. The van der Waals surface area contributed by atoms with Crippen LogP contribution in [0.1, 0.15) is 43.9 Å². The molecule has 1 N–H and O–H groups in total. The summed E-state index contributed by atoms with van der Waals surface area (Å²) in [4.78, 5) is 0. The van der Waals surface area contributed by atoms with Crippen molar-refractivity contribution in [3.8, 4) is 5.75 Å². The normalized spacial score (nSPS) is 12.3. The van der Waals surface area contributed by atoms with E-state index in [4.69, 9.17) is 4.74 Å². The third-order valence-electron chi connectivity index (χ3n) is 3.62. The van der Waals surface area contributed by atoms with Gasteiger partial charge in [-0.1, -0.05) is 38.1 Å². The Hall–Kier alpha value is -2.03. The first-order valence-corrected chi connectivity index (χ1v) is 7.22. The van der Waals surface area contributed by atoms with Crippen LogP contribution in [0.15, 0.2) is 42.5 Å². The van der Waals surface area contributed by atoms with Gasteiger partial charge in [-0.2, -0.15) is 0 Å². The van der Waals surface area contributed by atoms with E-state index in [0.717, 1.165) is 5.69 Å². The van der Waals surface area contributed by atoms with Gasteiger partial charge in [-0.25, -0.2) is 4.39 Å². The maximum Gasteiger partial charge on any atom is 0.132 e. The predicted molar refractivity (Wildman–Crippen MR) is 85.5 cm³/mol. The Morgan fingerprint density at radius 3 is 2.38 bits per heavy atom. The van der Waals surface area contributed by atoms with Gasteiger partial charge in [0.25, 0.3) is 0 Å². The van der Waals surface area contributed by atoms with Gasteiger partial charge >= 0.3 is 0 Å². The molecule has 1 unspecified atom stereocenters. The highest BCUT2D eigenvalue weighted by molar-refractivity contribution is 5.55. The zero-order valence-corrected chi connectivity index (χ0v) is 13.0. The highest BCUT2D eigenvalue weighted by Gasteiger charge is 2.17. The van der Waals surface area contributed by atoms with Crippen molar-refractivity contribution in [2.45, 2.75) is 32.7 Å². The highest BCUT2D eigenvalue weighted by atomic mass is 19.1. The molecule has 0 amide bonds. The first-order valence-electron chi connectivity index (χ1n) is 7.22. The molecule has 3 heteroatoms. The van der Waals surface area contributed by atoms with Crippen molar-refractivity contribution < 1.29 is 9.13 Å². The van der Waals surface area contributed by atoms with Crippen LogP contribution in [0.4, 0.5) is 10.1 Å². The summed E-state index contributed by atoms with van der Waals surface area (Å²) in [6.45, 7) is 6.24. The summed E-state index contributed by atoms with van der Waals surface area (Å²) in [6, 6.07) is 12.9. The van der Waals surface area contributed by atoms with E-state index in [1.807, 2.05) is 25.1 Å². The fourth-order valence-electron chi connectivity index (χ4n) is 2.55. The molecule has 112 valence electrons. The quantitative estimate of drug-likeness (QED) is 0.823. The third-order valence-corrected chi connectivity index (χ3v) is 3.62. The number of hydrogen-bond donors (Lipinski definition) is 1. The molecule has 1 atom stereocenters. The van der Waals surface area contributed by atoms with Crippen molar-refractivity contribution in [2.24, 2.45) is 0 Å². The lowest BCUT2D eigenvalue weighted by atomic mass is 9.99. The number of benzene rings is 2. The van der Waals surface area contributed by atoms with E-state index in [9.17, 15) is 4.39 Å². The van der Waals surface area contributed by atoms with Crippen molar-refractivity contribution in [2.75, 3.05) is 12.4 Å². The summed E-state index contributed by atoms with van der Waals surface area (Å²) >= 11 is 0. The van der Waals surface area contributed by atoms with Gasteiger partial charge in [0.05, 0.1) is 18.7 Å². The Bertz CT molecular complexity index is 610. The average Bonchev–Trinajstić information content (AvgIpc) is 2.47. The molecule has 0 heterocycles. The van der Waals surface area contributed by atoms with Gasteiger partial charge in [-0.15, -0.1) is 0 Å². The lowest BCUT2D eigenvalue weighted by Crippen LogP contribution is -2.12. The van der Waals surface area contributed by atoms with Crippen LogP contribution in [-0.4, -0.2) is 7.11 Å². The highest BCUT2D eigenvalue weighted by Crippen LogP contribution is 2.32. The van der Waals surface area contributed by atoms with Gasteiger partial charge in [0, 0.05) is 5.69 Å². The molecule has 0 bridgehead atoms. The topological polar surface area (TPSA) is 21.3 Å². The van der Waals surface area contributed by atoms with Gasteiger partial charge in [0.15, 0.2) is 0 Å². The van der Waals surface area contributed by atoms with Crippen LogP contribution in [0.25, 0.3) is 0 Å². The van der Waals surface area contributed by atoms with Crippen LogP contribution in [0.5, 0.6) is 5.75 Å². The van der Waals surface area contributed by atoms with Crippen molar-refractivity contribution in [3.63, 3.8) is 0 Å². The van der Waals surface area contributed by atoms with Crippen LogP contribution < -0.4 is 10.1 Å². The first kappa shape index (κ1) is 15.4. The van der Waals surface area contributed by atoms with Gasteiger partial charge in [-0.05, 0) is 36.6 Å². The SMILES string of the molecule is COc1cccc(F)c1C(C)Nc1ccccc1C(C)C. The number of methoxy groups -OCH3 is 1. The van der Waals surface area contributed by atoms with Crippen LogP contribution in [0, 0.1) is 5.82 Å². The van der Waals surface area contributed by atoms with Gasteiger partial charge in [0.2, 0.25) is 0 Å². The van der Waals surface area contributed by atoms with E-state index in [1.165, 1.54) is 11.6 Å². The molecule has 0 fully saturated rings. The maximum absolute atomic E-state index is 14.1. The standard InChI is InChI=1S/C18H22FNO/c1-12(2)14-8-5-6-10-16(14)20-13(3)18-15(19)9-7-11-17(18)21-4/h5-13,20H,1-4H3.